The molecule has 0 spiro atoms. The van der Waals surface area contributed by atoms with Crippen LogP contribution in [0.3, 0.4) is 0 Å². The van der Waals surface area contributed by atoms with Crippen LogP contribution in [0.2, 0.25) is 0 Å². The van der Waals surface area contributed by atoms with E-state index in [4.69, 9.17) is 5.73 Å². The number of nitrogens with two attached hydrogens (primary N) is 1. The van der Waals surface area contributed by atoms with E-state index in [0.29, 0.717) is 11.3 Å². The standard InChI is InChI=1S/C13H19N/c1-9-4-5-11(6-10(9)2)13(3)7-12(13)8-14/h4-6,12H,7-8,14H2,1-3H3. The third-order valence-electron chi connectivity index (χ3n) is 3.86. The Bertz CT molecular complexity index is 356. The molecular formula is C13H19N. The molecule has 1 nitrogen and oxygen atoms in total. The predicted octanol–water partition coefficient (Wildman–Crippen LogP) is 2.54. The van der Waals surface area contributed by atoms with E-state index in [2.05, 4.69) is 39.0 Å². The molecule has 1 fully saturated rings. The Morgan fingerprint density at radius 2 is 2.07 bits per heavy atom. The van der Waals surface area contributed by atoms with E-state index >= 15 is 0 Å². The van der Waals surface area contributed by atoms with Crippen LogP contribution in [-0.4, -0.2) is 6.54 Å². The molecule has 1 aliphatic rings. The van der Waals surface area contributed by atoms with Crippen molar-refractivity contribution in [2.24, 2.45) is 11.7 Å². The van der Waals surface area contributed by atoms with Crippen molar-refractivity contribution in [2.75, 3.05) is 6.54 Å². The van der Waals surface area contributed by atoms with Crippen LogP contribution in [0.25, 0.3) is 0 Å². The minimum Gasteiger partial charge on any atom is -0.330 e. The molecule has 1 saturated carbocycles. The quantitative estimate of drug-likeness (QED) is 0.760. The highest BCUT2D eigenvalue weighted by Gasteiger charge is 2.49. The molecule has 0 aromatic heterocycles. The van der Waals surface area contributed by atoms with Gasteiger partial charge in [0.15, 0.2) is 0 Å². The normalized spacial score (nSPS) is 30.4. The minimum absolute atomic E-state index is 0.368. The van der Waals surface area contributed by atoms with Gasteiger partial charge in [0.2, 0.25) is 0 Å². The fourth-order valence-electron chi connectivity index (χ4n) is 2.25. The van der Waals surface area contributed by atoms with E-state index < -0.39 is 0 Å². The van der Waals surface area contributed by atoms with Crippen molar-refractivity contribution in [3.63, 3.8) is 0 Å². The lowest BCUT2D eigenvalue weighted by molar-refractivity contribution is 0.665. The van der Waals surface area contributed by atoms with Gasteiger partial charge in [-0.1, -0.05) is 25.1 Å². The molecule has 0 aliphatic heterocycles. The van der Waals surface area contributed by atoms with Crippen LogP contribution in [0, 0.1) is 19.8 Å². The van der Waals surface area contributed by atoms with Crippen molar-refractivity contribution >= 4 is 0 Å². The first kappa shape index (κ1) is 9.72. The second-order valence-electron chi connectivity index (χ2n) is 4.85. The van der Waals surface area contributed by atoms with Crippen LogP contribution in [0.5, 0.6) is 0 Å². The zero-order valence-corrected chi connectivity index (χ0v) is 9.30. The summed E-state index contributed by atoms with van der Waals surface area (Å²) >= 11 is 0. The summed E-state index contributed by atoms with van der Waals surface area (Å²) in [5, 5.41) is 0. The third-order valence-corrected chi connectivity index (χ3v) is 3.86. The van der Waals surface area contributed by atoms with Gasteiger partial charge in [-0.25, -0.2) is 0 Å². The Balaban J connectivity index is 2.31. The van der Waals surface area contributed by atoms with Crippen LogP contribution in [0.15, 0.2) is 18.2 Å². The van der Waals surface area contributed by atoms with Crippen molar-refractivity contribution in [2.45, 2.75) is 32.6 Å². The van der Waals surface area contributed by atoms with Crippen LogP contribution < -0.4 is 5.73 Å². The van der Waals surface area contributed by atoms with Crippen LogP contribution in [-0.2, 0) is 5.41 Å². The lowest BCUT2D eigenvalue weighted by atomic mass is 9.92. The second kappa shape index (κ2) is 3.09. The minimum atomic E-state index is 0.368. The summed E-state index contributed by atoms with van der Waals surface area (Å²) in [4.78, 5) is 0. The molecule has 76 valence electrons. The molecule has 1 aromatic rings. The molecule has 0 heterocycles. The maximum atomic E-state index is 5.71. The third kappa shape index (κ3) is 1.36. The number of rotatable bonds is 2. The first-order chi connectivity index (χ1) is 6.58. The highest BCUT2D eigenvalue weighted by molar-refractivity contribution is 5.38. The van der Waals surface area contributed by atoms with Gasteiger partial charge in [-0.05, 0) is 54.8 Å². The van der Waals surface area contributed by atoms with Gasteiger partial charge in [-0.2, -0.15) is 0 Å². The van der Waals surface area contributed by atoms with Gasteiger partial charge in [-0.15, -0.1) is 0 Å². The monoisotopic (exact) mass is 189 g/mol. The summed E-state index contributed by atoms with van der Waals surface area (Å²) in [6.07, 6.45) is 1.26. The molecular weight excluding hydrogens is 170 g/mol. The van der Waals surface area contributed by atoms with Crippen LogP contribution >= 0.6 is 0 Å². The number of aryl methyl sites for hydroxylation is 2. The maximum absolute atomic E-state index is 5.71. The Labute approximate surface area is 86.3 Å². The highest BCUT2D eigenvalue weighted by atomic mass is 14.7. The molecule has 0 amide bonds. The molecule has 14 heavy (non-hydrogen) atoms. The van der Waals surface area contributed by atoms with Crippen molar-refractivity contribution < 1.29 is 0 Å². The van der Waals surface area contributed by atoms with Crippen LogP contribution in [0.1, 0.15) is 30.0 Å². The fourth-order valence-corrected chi connectivity index (χ4v) is 2.25. The van der Waals surface area contributed by atoms with E-state index in [0.717, 1.165) is 6.54 Å². The largest absolute Gasteiger partial charge is 0.330 e. The van der Waals surface area contributed by atoms with Crippen LogP contribution in [0.4, 0.5) is 0 Å². The molecule has 0 bridgehead atoms. The molecule has 2 rings (SSSR count). The summed E-state index contributed by atoms with van der Waals surface area (Å²) in [6, 6.07) is 6.81. The topological polar surface area (TPSA) is 26.0 Å². The Kier molecular flexibility index (Phi) is 2.15. The highest BCUT2D eigenvalue weighted by Crippen LogP contribution is 2.53. The zero-order valence-electron chi connectivity index (χ0n) is 9.30. The smallest absolute Gasteiger partial charge is 0.00312 e. The summed E-state index contributed by atoms with van der Waals surface area (Å²) in [7, 11) is 0. The summed E-state index contributed by atoms with van der Waals surface area (Å²) in [5.74, 6) is 0.699. The van der Waals surface area contributed by atoms with Crippen molar-refractivity contribution in [3.8, 4) is 0 Å². The fraction of sp³-hybridized carbons (Fsp3) is 0.538. The summed E-state index contributed by atoms with van der Waals surface area (Å²) in [5.41, 5.74) is 10.3. The van der Waals surface area contributed by atoms with Gasteiger partial charge >= 0.3 is 0 Å². The Hall–Kier alpha value is -0.820. The molecule has 1 aromatic carbocycles. The average molecular weight is 189 g/mol. The maximum Gasteiger partial charge on any atom is -0.00312 e. The first-order valence-electron chi connectivity index (χ1n) is 5.36. The SMILES string of the molecule is Cc1ccc(C2(C)CC2CN)cc1C. The van der Waals surface area contributed by atoms with Crippen molar-refractivity contribution in [3.05, 3.63) is 34.9 Å². The number of hydrogen-bond acceptors (Lipinski definition) is 1. The molecule has 2 N–H and O–H groups in total. The van der Waals surface area contributed by atoms with Gasteiger partial charge in [0, 0.05) is 0 Å². The lowest BCUT2D eigenvalue weighted by Gasteiger charge is -2.13. The predicted molar refractivity (Wildman–Crippen MR) is 60.4 cm³/mol. The molecule has 0 radical (unpaired) electrons. The van der Waals surface area contributed by atoms with E-state index in [-0.39, 0.29) is 0 Å². The average Bonchev–Trinajstić information content (AvgIpc) is 2.83. The molecule has 2 unspecified atom stereocenters. The lowest BCUT2D eigenvalue weighted by Crippen LogP contribution is -2.11. The number of hydrogen-bond donors (Lipinski definition) is 1. The molecule has 0 saturated heterocycles. The van der Waals surface area contributed by atoms with Gasteiger partial charge in [0.1, 0.15) is 0 Å². The molecule has 1 aliphatic carbocycles. The summed E-state index contributed by atoms with van der Waals surface area (Å²) in [6.45, 7) is 7.49. The van der Waals surface area contributed by atoms with Gasteiger partial charge in [-0.3, -0.25) is 0 Å². The van der Waals surface area contributed by atoms with Gasteiger partial charge < -0.3 is 5.73 Å². The zero-order chi connectivity index (χ0) is 10.3. The Morgan fingerprint density at radius 1 is 1.36 bits per heavy atom. The van der Waals surface area contributed by atoms with Gasteiger partial charge in [0.25, 0.3) is 0 Å². The molecule has 2 atom stereocenters. The number of benzene rings is 1. The summed E-state index contributed by atoms with van der Waals surface area (Å²) < 4.78 is 0. The molecule has 1 heteroatoms. The van der Waals surface area contributed by atoms with E-state index in [1.807, 2.05) is 0 Å². The van der Waals surface area contributed by atoms with E-state index in [1.165, 1.54) is 23.1 Å². The first-order valence-corrected chi connectivity index (χ1v) is 5.36. The second-order valence-corrected chi connectivity index (χ2v) is 4.85. The van der Waals surface area contributed by atoms with Gasteiger partial charge in [0.05, 0.1) is 0 Å². The van der Waals surface area contributed by atoms with Crippen molar-refractivity contribution in [1.82, 2.24) is 0 Å². The van der Waals surface area contributed by atoms with Crippen molar-refractivity contribution in [1.29, 1.82) is 0 Å². The Morgan fingerprint density at radius 3 is 2.57 bits per heavy atom. The van der Waals surface area contributed by atoms with E-state index in [9.17, 15) is 0 Å². The van der Waals surface area contributed by atoms with E-state index in [1.54, 1.807) is 0 Å².